The van der Waals surface area contributed by atoms with E-state index < -0.39 is 0 Å². The highest BCUT2D eigenvalue weighted by molar-refractivity contribution is 6.11. The van der Waals surface area contributed by atoms with Gasteiger partial charge in [-0.05, 0) is 50.2 Å². The first-order valence-electron chi connectivity index (χ1n) is 11.9. The normalized spacial score (nSPS) is 14.3. The Kier molecular flexibility index (Phi) is 6.41. The fourth-order valence-corrected chi connectivity index (χ4v) is 4.70. The molecule has 3 N–H and O–H groups in total. The van der Waals surface area contributed by atoms with Crippen molar-refractivity contribution in [2.45, 2.75) is 19.3 Å². The summed E-state index contributed by atoms with van der Waals surface area (Å²) >= 11 is 0. The van der Waals surface area contributed by atoms with Crippen molar-refractivity contribution in [2.75, 3.05) is 46.1 Å². The number of rotatable bonds is 7. The van der Waals surface area contributed by atoms with Gasteiger partial charge < -0.3 is 25.4 Å². The number of hydrogen-bond acceptors (Lipinski definition) is 7. The molecule has 2 aromatic carbocycles. The number of methoxy groups -OCH3 is 2. The van der Waals surface area contributed by atoms with Crippen LogP contribution in [0.5, 0.6) is 11.5 Å². The largest absolute Gasteiger partial charge is 0.497 e. The molecule has 182 valence electrons. The molecule has 1 saturated heterocycles. The van der Waals surface area contributed by atoms with E-state index in [0.717, 1.165) is 19.6 Å². The number of ether oxygens (including phenoxy) is 2. The molecular weight excluding hydrogens is 444 g/mol. The predicted molar refractivity (Wildman–Crippen MR) is 137 cm³/mol. The fraction of sp³-hybridized carbons (Fsp3) is 0.346. The minimum Gasteiger partial charge on any atom is -0.497 e. The summed E-state index contributed by atoms with van der Waals surface area (Å²) in [5, 5.41) is 3.05. The Bertz CT molecular complexity index is 1380. The van der Waals surface area contributed by atoms with Gasteiger partial charge in [0, 0.05) is 19.2 Å². The Morgan fingerprint density at radius 2 is 1.77 bits per heavy atom. The lowest BCUT2D eigenvalue weighted by atomic mass is 10.1. The molecule has 0 spiro atoms. The average Bonchev–Trinajstić information content (AvgIpc) is 3.17. The molecule has 35 heavy (non-hydrogen) atoms. The average molecular weight is 475 g/mol. The van der Waals surface area contributed by atoms with Gasteiger partial charge >= 0.3 is 0 Å². The van der Waals surface area contributed by atoms with Crippen molar-refractivity contribution in [3.05, 3.63) is 48.0 Å². The van der Waals surface area contributed by atoms with Gasteiger partial charge in [0.15, 0.2) is 5.65 Å². The Labute approximate surface area is 203 Å². The summed E-state index contributed by atoms with van der Waals surface area (Å²) in [5.41, 5.74) is 9.96. The van der Waals surface area contributed by atoms with Crippen molar-refractivity contribution in [3.8, 4) is 17.2 Å². The molecule has 0 bridgehead atoms. The fourth-order valence-electron chi connectivity index (χ4n) is 4.70. The Balaban J connectivity index is 1.59. The number of piperidine rings is 1. The number of nitrogens with two attached hydrogens (primary N) is 1. The highest BCUT2D eigenvalue weighted by atomic mass is 16.5. The maximum Gasteiger partial charge on any atom is 0.257 e. The van der Waals surface area contributed by atoms with Crippen LogP contribution in [0.3, 0.4) is 0 Å². The number of benzene rings is 2. The van der Waals surface area contributed by atoms with Gasteiger partial charge in [-0.2, -0.15) is 0 Å². The second-order valence-electron chi connectivity index (χ2n) is 8.68. The standard InChI is InChI=1S/C26H30N6O3/c1-34-17-10-11-20(21(16-17)35-2)32-24(27)22(26(33)28-12-15-31-13-6-3-7-14-31)23-25(32)30-19-9-5-4-8-18(19)29-23/h4-5,8-11,16H,3,6-7,12-15,27H2,1-2H3,(H,28,33). The molecule has 1 fully saturated rings. The topological polar surface area (TPSA) is 108 Å². The highest BCUT2D eigenvalue weighted by Crippen LogP contribution is 2.36. The molecule has 9 heteroatoms. The van der Waals surface area contributed by atoms with Crippen molar-refractivity contribution < 1.29 is 14.3 Å². The molecule has 2 aromatic heterocycles. The van der Waals surface area contributed by atoms with Crippen molar-refractivity contribution in [1.29, 1.82) is 0 Å². The third kappa shape index (κ3) is 4.35. The summed E-state index contributed by atoms with van der Waals surface area (Å²) in [6.45, 7) is 3.50. The smallest absolute Gasteiger partial charge is 0.257 e. The number of nitrogens with one attached hydrogen (secondary N) is 1. The molecule has 0 atom stereocenters. The number of hydrogen-bond donors (Lipinski definition) is 2. The molecule has 0 aliphatic carbocycles. The molecule has 4 aromatic rings. The van der Waals surface area contributed by atoms with Crippen molar-refractivity contribution in [3.63, 3.8) is 0 Å². The Hall–Kier alpha value is -3.85. The van der Waals surface area contributed by atoms with Crippen LogP contribution >= 0.6 is 0 Å². The maximum absolute atomic E-state index is 13.4. The molecule has 5 rings (SSSR count). The number of likely N-dealkylation sites (tertiary alicyclic amines) is 1. The number of aromatic nitrogens is 3. The van der Waals surface area contributed by atoms with Crippen molar-refractivity contribution >= 4 is 33.9 Å². The zero-order valence-corrected chi connectivity index (χ0v) is 20.1. The lowest BCUT2D eigenvalue weighted by Crippen LogP contribution is -2.37. The first-order chi connectivity index (χ1) is 17.1. The minimum atomic E-state index is -0.264. The van der Waals surface area contributed by atoms with Gasteiger partial charge in [-0.15, -0.1) is 0 Å². The van der Waals surface area contributed by atoms with Gasteiger partial charge in [0.05, 0.1) is 30.9 Å². The van der Waals surface area contributed by atoms with Crippen LogP contribution in [0.2, 0.25) is 0 Å². The van der Waals surface area contributed by atoms with Gasteiger partial charge in [-0.3, -0.25) is 9.36 Å². The van der Waals surface area contributed by atoms with E-state index in [-0.39, 0.29) is 11.7 Å². The van der Waals surface area contributed by atoms with Gasteiger partial charge in [0.25, 0.3) is 5.91 Å². The zero-order chi connectivity index (χ0) is 24.4. The number of para-hydroxylation sites is 2. The summed E-state index contributed by atoms with van der Waals surface area (Å²) in [4.78, 5) is 25.4. The third-order valence-electron chi connectivity index (χ3n) is 6.51. The van der Waals surface area contributed by atoms with E-state index in [0.29, 0.717) is 51.5 Å². The molecule has 3 heterocycles. The molecule has 0 unspecified atom stereocenters. The van der Waals surface area contributed by atoms with Crippen LogP contribution in [0.25, 0.3) is 27.9 Å². The molecule has 1 aliphatic rings. The predicted octanol–water partition coefficient (Wildman–Crippen LogP) is 3.39. The van der Waals surface area contributed by atoms with Crippen LogP contribution in [0, 0.1) is 0 Å². The second kappa shape index (κ2) is 9.79. The number of carbonyl (C=O) groups is 1. The van der Waals surface area contributed by atoms with Crippen LogP contribution in [-0.4, -0.2) is 65.7 Å². The van der Waals surface area contributed by atoms with E-state index in [4.69, 9.17) is 25.2 Å². The second-order valence-corrected chi connectivity index (χ2v) is 8.68. The molecule has 9 nitrogen and oxygen atoms in total. The van der Waals surface area contributed by atoms with E-state index in [1.54, 1.807) is 24.9 Å². The lowest BCUT2D eigenvalue weighted by Gasteiger charge is -2.26. The SMILES string of the molecule is COc1ccc(-n2c(N)c(C(=O)NCCN3CCCCC3)c3nc4ccccc4nc32)c(OC)c1. The van der Waals surface area contributed by atoms with E-state index in [9.17, 15) is 4.79 Å². The van der Waals surface area contributed by atoms with E-state index in [1.165, 1.54) is 19.3 Å². The van der Waals surface area contributed by atoms with Crippen LogP contribution < -0.4 is 20.5 Å². The summed E-state index contributed by atoms with van der Waals surface area (Å²) in [6, 6.07) is 13.0. The lowest BCUT2D eigenvalue weighted by molar-refractivity contribution is 0.0949. The van der Waals surface area contributed by atoms with E-state index >= 15 is 0 Å². The number of nitrogens with zero attached hydrogens (tertiary/aromatic N) is 4. The van der Waals surface area contributed by atoms with Crippen molar-refractivity contribution in [1.82, 2.24) is 24.8 Å². The quantitative estimate of drug-likeness (QED) is 0.423. The number of carbonyl (C=O) groups excluding carboxylic acids is 1. The third-order valence-corrected chi connectivity index (χ3v) is 6.51. The number of amides is 1. The molecule has 1 aliphatic heterocycles. The summed E-state index contributed by atoms with van der Waals surface area (Å²) in [7, 11) is 3.17. The van der Waals surface area contributed by atoms with Crippen LogP contribution in [-0.2, 0) is 0 Å². The molecule has 1 amide bonds. The number of anilines is 1. The van der Waals surface area contributed by atoms with Crippen LogP contribution in [0.1, 0.15) is 29.6 Å². The summed E-state index contributed by atoms with van der Waals surface area (Å²) in [5.74, 6) is 1.18. The first kappa shape index (κ1) is 22.9. The van der Waals surface area contributed by atoms with E-state index in [1.807, 2.05) is 36.4 Å². The molecule has 0 radical (unpaired) electrons. The Morgan fingerprint density at radius 3 is 2.49 bits per heavy atom. The summed E-state index contributed by atoms with van der Waals surface area (Å²) < 4.78 is 12.7. The Morgan fingerprint density at radius 1 is 1.03 bits per heavy atom. The highest BCUT2D eigenvalue weighted by Gasteiger charge is 2.26. The minimum absolute atomic E-state index is 0.259. The maximum atomic E-state index is 13.4. The van der Waals surface area contributed by atoms with Crippen LogP contribution in [0.4, 0.5) is 5.82 Å². The number of nitrogen functional groups attached to an aromatic ring is 1. The molecule has 0 saturated carbocycles. The zero-order valence-electron chi connectivity index (χ0n) is 20.1. The monoisotopic (exact) mass is 474 g/mol. The van der Waals surface area contributed by atoms with Crippen LogP contribution in [0.15, 0.2) is 42.5 Å². The molecular formula is C26H30N6O3. The van der Waals surface area contributed by atoms with E-state index in [2.05, 4.69) is 10.2 Å². The van der Waals surface area contributed by atoms with Gasteiger partial charge in [-0.1, -0.05) is 18.6 Å². The van der Waals surface area contributed by atoms with Gasteiger partial charge in [-0.25, -0.2) is 9.97 Å². The first-order valence-corrected chi connectivity index (χ1v) is 11.9. The summed E-state index contributed by atoms with van der Waals surface area (Å²) in [6.07, 6.45) is 3.70. The van der Waals surface area contributed by atoms with Crippen molar-refractivity contribution in [2.24, 2.45) is 0 Å². The van der Waals surface area contributed by atoms with Gasteiger partial charge in [0.2, 0.25) is 0 Å². The van der Waals surface area contributed by atoms with Gasteiger partial charge in [0.1, 0.15) is 28.4 Å². The number of fused-ring (bicyclic) bond motifs is 2.